The van der Waals surface area contributed by atoms with Gasteiger partial charge in [-0.05, 0) is 30.3 Å². The van der Waals surface area contributed by atoms with Crippen molar-refractivity contribution in [1.29, 1.82) is 0 Å². The average molecular weight is 361 g/mol. The summed E-state index contributed by atoms with van der Waals surface area (Å²) in [6.07, 6.45) is 0. The number of rotatable bonds is 6. The number of halogens is 1. The number of nitrogens with one attached hydrogen (secondary N) is 1. The number of carbonyl (C=O) groups is 3. The molecule has 1 amide bonds. The van der Waals surface area contributed by atoms with Crippen molar-refractivity contribution in [3.8, 4) is 5.75 Å². The highest BCUT2D eigenvalue weighted by atomic mass is 19.1. The van der Waals surface area contributed by atoms with E-state index in [1.807, 2.05) is 0 Å². The van der Waals surface area contributed by atoms with Gasteiger partial charge in [-0.3, -0.25) is 4.79 Å². The molecule has 0 aromatic heterocycles. The van der Waals surface area contributed by atoms with E-state index in [2.05, 4.69) is 14.8 Å². The molecular formula is C18H16FNO6. The van der Waals surface area contributed by atoms with Crippen LogP contribution in [0.15, 0.2) is 42.5 Å². The number of hydrogen-bond acceptors (Lipinski definition) is 6. The Morgan fingerprint density at radius 1 is 1.00 bits per heavy atom. The predicted octanol–water partition coefficient (Wildman–Crippen LogP) is 2.42. The summed E-state index contributed by atoms with van der Waals surface area (Å²) in [5, 5.41) is 2.44. The van der Waals surface area contributed by atoms with E-state index >= 15 is 0 Å². The molecule has 0 spiro atoms. The zero-order chi connectivity index (χ0) is 19.1. The number of esters is 2. The molecule has 0 bridgehead atoms. The van der Waals surface area contributed by atoms with Crippen LogP contribution in [0.5, 0.6) is 5.75 Å². The van der Waals surface area contributed by atoms with Gasteiger partial charge < -0.3 is 19.5 Å². The van der Waals surface area contributed by atoms with E-state index in [4.69, 9.17) is 4.74 Å². The van der Waals surface area contributed by atoms with Crippen molar-refractivity contribution in [1.82, 2.24) is 0 Å². The Bertz CT molecular complexity index is 836. The smallest absolute Gasteiger partial charge is 0.339 e. The zero-order valence-corrected chi connectivity index (χ0v) is 14.1. The standard InChI is InChI=1S/C18H16FNO6/c1-24-17(22)11-7-8-12(18(23)25-2)14(9-11)20-16(21)10-26-15-6-4-3-5-13(15)19/h3-9H,10H2,1-2H3,(H,20,21). The van der Waals surface area contributed by atoms with Crippen LogP contribution in [0.3, 0.4) is 0 Å². The van der Waals surface area contributed by atoms with E-state index < -0.39 is 30.3 Å². The third-order valence-corrected chi connectivity index (χ3v) is 3.32. The lowest BCUT2D eigenvalue weighted by Crippen LogP contribution is -2.22. The molecule has 136 valence electrons. The Hall–Kier alpha value is -3.42. The summed E-state index contributed by atoms with van der Waals surface area (Å²) in [5.74, 6) is -2.69. The van der Waals surface area contributed by atoms with E-state index in [-0.39, 0.29) is 22.6 Å². The van der Waals surface area contributed by atoms with Crippen molar-refractivity contribution < 1.29 is 33.0 Å². The molecule has 2 rings (SSSR count). The van der Waals surface area contributed by atoms with Gasteiger partial charge in [-0.2, -0.15) is 0 Å². The highest BCUT2D eigenvalue weighted by Crippen LogP contribution is 2.20. The average Bonchev–Trinajstić information content (AvgIpc) is 2.66. The van der Waals surface area contributed by atoms with E-state index in [0.717, 1.165) is 0 Å². The van der Waals surface area contributed by atoms with Crippen molar-refractivity contribution in [2.75, 3.05) is 26.1 Å². The number of ether oxygens (including phenoxy) is 3. The minimum Gasteiger partial charge on any atom is -0.481 e. The van der Waals surface area contributed by atoms with Gasteiger partial charge >= 0.3 is 11.9 Å². The van der Waals surface area contributed by atoms with Gasteiger partial charge in [-0.15, -0.1) is 0 Å². The fourth-order valence-electron chi connectivity index (χ4n) is 2.07. The van der Waals surface area contributed by atoms with Crippen molar-refractivity contribution >= 4 is 23.5 Å². The van der Waals surface area contributed by atoms with Crippen LogP contribution in [-0.4, -0.2) is 38.7 Å². The summed E-state index contributed by atoms with van der Waals surface area (Å²) < 4.78 is 27.8. The highest BCUT2D eigenvalue weighted by Gasteiger charge is 2.17. The van der Waals surface area contributed by atoms with Gasteiger partial charge in [-0.1, -0.05) is 12.1 Å². The predicted molar refractivity (Wildman–Crippen MR) is 89.6 cm³/mol. The second-order valence-corrected chi connectivity index (χ2v) is 5.01. The summed E-state index contributed by atoms with van der Waals surface area (Å²) in [6.45, 7) is -0.496. The van der Waals surface area contributed by atoms with Crippen LogP contribution in [0.2, 0.25) is 0 Å². The van der Waals surface area contributed by atoms with E-state index in [1.54, 1.807) is 6.07 Å². The molecule has 8 heteroatoms. The molecule has 0 aliphatic heterocycles. The number of carbonyl (C=O) groups excluding carboxylic acids is 3. The monoisotopic (exact) mass is 361 g/mol. The van der Waals surface area contributed by atoms with Crippen LogP contribution in [0, 0.1) is 5.82 Å². The quantitative estimate of drug-likeness (QED) is 0.795. The van der Waals surface area contributed by atoms with Gasteiger partial charge in [0.25, 0.3) is 5.91 Å². The Morgan fingerprint density at radius 2 is 1.69 bits per heavy atom. The number of para-hydroxylation sites is 1. The molecule has 0 saturated carbocycles. The molecule has 1 N–H and O–H groups in total. The number of anilines is 1. The summed E-state index contributed by atoms with van der Waals surface area (Å²) in [6, 6.07) is 9.59. The van der Waals surface area contributed by atoms with Gasteiger partial charge in [0.15, 0.2) is 18.2 Å². The largest absolute Gasteiger partial charge is 0.481 e. The molecule has 0 aliphatic carbocycles. The summed E-state index contributed by atoms with van der Waals surface area (Å²) in [7, 11) is 2.39. The fourth-order valence-corrected chi connectivity index (χ4v) is 2.07. The number of amides is 1. The molecule has 26 heavy (non-hydrogen) atoms. The number of methoxy groups -OCH3 is 2. The van der Waals surface area contributed by atoms with Gasteiger partial charge in [0.2, 0.25) is 0 Å². The molecule has 2 aromatic carbocycles. The van der Waals surface area contributed by atoms with Crippen molar-refractivity contribution in [3.63, 3.8) is 0 Å². The molecule has 0 saturated heterocycles. The van der Waals surface area contributed by atoms with E-state index in [1.165, 1.54) is 50.6 Å². The van der Waals surface area contributed by atoms with Crippen LogP contribution >= 0.6 is 0 Å². The van der Waals surface area contributed by atoms with Gasteiger partial charge in [0.05, 0.1) is 31.0 Å². The molecule has 0 fully saturated rings. The maximum atomic E-state index is 13.5. The first-order chi connectivity index (χ1) is 12.5. The fraction of sp³-hybridized carbons (Fsp3) is 0.167. The lowest BCUT2D eigenvalue weighted by Gasteiger charge is -2.12. The Morgan fingerprint density at radius 3 is 2.35 bits per heavy atom. The molecular weight excluding hydrogens is 345 g/mol. The number of hydrogen-bond donors (Lipinski definition) is 1. The van der Waals surface area contributed by atoms with Crippen molar-refractivity contribution in [2.45, 2.75) is 0 Å². The lowest BCUT2D eigenvalue weighted by atomic mass is 10.1. The van der Waals surface area contributed by atoms with E-state index in [0.29, 0.717) is 0 Å². The maximum absolute atomic E-state index is 13.5. The summed E-state index contributed by atoms with van der Waals surface area (Å²) >= 11 is 0. The van der Waals surface area contributed by atoms with Gasteiger partial charge in [0, 0.05) is 0 Å². The SMILES string of the molecule is COC(=O)c1ccc(C(=O)OC)c(NC(=O)COc2ccccc2F)c1. The second kappa shape index (κ2) is 8.61. The van der Waals surface area contributed by atoms with Gasteiger partial charge in [-0.25, -0.2) is 14.0 Å². The lowest BCUT2D eigenvalue weighted by molar-refractivity contribution is -0.118. The Labute approximate surface area is 148 Å². The van der Waals surface area contributed by atoms with Crippen LogP contribution in [0.1, 0.15) is 20.7 Å². The molecule has 0 unspecified atom stereocenters. The third kappa shape index (κ3) is 4.56. The molecule has 0 radical (unpaired) electrons. The van der Waals surface area contributed by atoms with Crippen molar-refractivity contribution in [3.05, 3.63) is 59.4 Å². The van der Waals surface area contributed by atoms with Crippen molar-refractivity contribution in [2.24, 2.45) is 0 Å². The molecule has 0 atom stereocenters. The minimum absolute atomic E-state index is 0.0411. The first-order valence-electron chi connectivity index (χ1n) is 7.44. The normalized spacial score (nSPS) is 9.96. The molecule has 7 nitrogen and oxygen atoms in total. The van der Waals surface area contributed by atoms with Crippen LogP contribution in [0.25, 0.3) is 0 Å². The first kappa shape index (κ1) is 18.9. The zero-order valence-electron chi connectivity index (χ0n) is 14.1. The third-order valence-electron chi connectivity index (χ3n) is 3.32. The van der Waals surface area contributed by atoms with Crippen LogP contribution < -0.4 is 10.1 Å². The highest BCUT2D eigenvalue weighted by molar-refractivity contribution is 6.03. The molecule has 2 aromatic rings. The van der Waals surface area contributed by atoms with Crippen LogP contribution in [0.4, 0.5) is 10.1 Å². The summed E-state index contributed by atoms with van der Waals surface area (Å²) in [4.78, 5) is 35.5. The topological polar surface area (TPSA) is 90.9 Å². The minimum atomic E-state index is -0.702. The Balaban J connectivity index is 2.17. The Kier molecular flexibility index (Phi) is 6.26. The van der Waals surface area contributed by atoms with E-state index in [9.17, 15) is 18.8 Å². The first-order valence-corrected chi connectivity index (χ1v) is 7.44. The summed E-state index contributed by atoms with van der Waals surface area (Å²) in [5.41, 5.74) is 0.215. The molecule has 0 aliphatic rings. The number of benzene rings is 2. The maximum Gasteiger partial charge on any atom is 0.339 e. The van der Waals surface area contributed by atoms with Gasteiger partial charge in [0.1, 0.15) is 0 Å². The van der Waals surface area contributed by atoms with Crippen LogP contribution in [-0.2, 0) is 14.3 Å². The second-order valence-electron chi connectivity index (χ2n) is 5.01. The molecule has 0 heterocycles.